The number of nitrogens with zero attached hydrogens (tertiary/aromatic N) is 3. The van der Waals surface area contributed by atoms with Gasteiger partial charge in [0.25, 0.3) is 0 Å². The molecule has 3 unspecified atom stereocenters. The molecule has 2 aromatic carbocycles. The number of hydrogen-bond donors (Lipinski definition) is 0. The number of anilines is 1. The third kappa shape index (κ3) is 4.45. The number of hydrogen-bond acceptors (Lipinski definition) is 6. The summed E-state index contributed by atoms with van der Waals surface area (Å²) in [6.07, 6.45) is 3.03. The Bertz CT molecular complexity index is 1480. The van der Waals surface area contributed by atoms with Crippen LogP contribution in [0.15, 0.2) is 62.8 Å². The molecule has 38 heavy (non-hydrogen) atoms. The van der Waals surface area contributed by atoms with Crippen molar-refractivity contribution in [1.29, 1.82) is 0 Å². The highest BCUT2D eigenvalue weighted by atomic mass is 79.9. The molecule has 3 aromatic rings. The van der Waals surface area contributed by atoms with Crippen molar-refractivity contribution in [2.24, 2.45) is 5.92 Å². The fourth-order valence-corrected chi connectivity index (χ4v) is 8.67. The summed E-state index contributed by atoms with van der Waals surface area (Å²) in [7, 11) is 0. The molecule has 3 aliphatic heterocycles. The number of thiazole rings is 1. The van der Waals surface area contributed by atoms with Crippen LogP contribution in [-0.4, -0.2) is 45.5 Å². The number of benzene rings is 2. The topological polar surface area (TPSA) is 79.7 Å². The molecule has 0 spiro atoms. The van der Waals surface area contributed by atoms with Crippen LogP contribution in [0.1, 0.15) is 35.6 Å². The van der Waals surface area contributed by atoms with Crippen LogP contribution in [0.25, 0.3) is 0 Å². The van der Waals surface area contributed by atoms with E-state index in [1.165, 1.54) is 21.2 Å². The molecule has 0 saturated carbocycles. The Balaban J connectivity index is 1.43. The van der Waals surface area contributed by atoms with Crippen LogP contribution in [0.4, 0.5) is 5.69 Å². The smallest absolute Gasteiger partial charge is 0.308 e. The maximum absolute atomic E-state index is 13.9. The predicted molar refractivity (Wildman–Crippen MR) is 152 cm³/mol. The van der Waals surface area contributed by atoms with Crippen molar-refractivity contribution in [3.8, 4) is 0 Å². The highest BCUT2D eigenvalue weighted by Gasteiger charge is 2.56. The highest BCUT2D eigenvalue weighted by molar-refractivity contribution is 9.10. The molecule has 4 heterocycles. The number of piperidine rings is 1. The zero-order valence-electron chi connectivity index (χ0n) is 20.1. The number of rotatable bonds is 4. The van der Waals surface area contributed by atoms with E-state index in [1.54, 1.807) is 24.3 Å². The first-order valence-electron chi connectivity index (χ1n) is 12.4. The molecule has 3 aliphatic rings. The molecule has 0 aliphatic carbocycles. The Morgan fingerprint density at radius 3 is 2.32 bits per heavy atom. The molecule has 1 aromatic heterocycles. The molecule has 2 saturated heterocycles. The van der Waals surface area contributed by atoms with Gasteiger partial charge in [-0.05, 0) is 61.2 Å². The zero-order valence-corrected chi connectivity index (χ0v) is 24.1. The Morgan fingerprint density at radius 1 is 0.947 bits per heavy atom. The first-order valence-corrected chi connectivity index (χ1v) is 15.3. The summed E-state index contributed by atoms with van der Waals surface area (Å²) in [5.41, 5.74) is 1.31. The number of amides is 3. The summed E-state index contributed by atoms with van der Waals surface area (Å²) in [5.74, 6) is -1.88. The Morgan fingerprint density at radius 2 is 1.63 bits per heavy atom. The highest BCUT2D eigenvalue weighted by Crippen LogP contribution is 2.54. The lowest BCUT2D eigenvalue weighted by Crippen LogP contribution is -2.39. The number of thioether (sulfide) groups is 1. The maximum Gasteiger partial charge on any atom is 0.308 e. The molecule has 0 radical (unpaired) electrons. The van der Waals surface area contributed by atoms with E-state index in [-0.39, 0.29) is 29.1 Å². The lowest BCUT2D eigenvalue weighted by Gasteiger charge is -2.31. The van der Waals surface area contributed by atoms with Gasteiger partial charge in [0.15, 0.2) is 0 Å². The van der Waals surface area contributed by atoms with E-state index in [9.17, 15) is 19.2 Å². The number of carbonyl (C=O) groups is 3. The largest absolute Gasteiger partial charge is 0.341 e. The monoisotopic (exact) mass is 631 g/mol. The molecular weight excluding hydrogens is 610 g/mol. The first-order chi connectivity index (χ1) is 18.3. The molecule has 0 bridgehead atoms. The van der Waals surface area contributed by atoms with Crippen molar-refractivity contribution in [2.45, 2.75) is 42.0 Å². The minimum Gasteiger partial charge on any atom is -0.341 e. The number of carbonyl (C=O) groups excluding carboxylic acids is 3. The molecule has 11 heteroatoms. The van der Waals surface area contributed by atoms with Crippen LogP contribution in [0, 0.1) is 5.92 Å². The van der Waals surface area contributed by atoms with Gasteiger partial charge in [0.1, 0.15) is 11.8 Å². The number of fused-ring (bicyclic) bond motifs is 2. The molecular formula is C27H23BrClN3O4S2. The van der Waals surface area contributed by atoms with Crippen molar-refractivity contribution < 1.29 is 14.4 Å². The van der Waals surface area contributed by atoms with Crippen molar-refractivity contribution >= 4 is 74.0 Å². The van der Waals surface area contributed by atoms with Gasteiger partial charge >= 0.3 is 4.87 Å². The van der Waals surface area contributed by atoms with Crippen molar-refractivity contribution in [2.75, 3.05) is 18.0 Å². The Kier molecular flexibility index (Phi) is 7.00. The molecule has 6 rings (SSSR count). The standard InChI is InChI=1S/C27H23BrClN3O4S2/c28-16-6-4-15(5-7-16)20-21-22(25(35)32(24(21)34)18-10-8-17(29)9-11-18)37-26-23(20)38-27(36)31(26)14-19(33)30-12-2-1-3-13-30/h4-11,20-22H,1-3,12-14H2. The fraction of sp³-hybridized carbons (Fsp3) is 0.333. The molecule has 2 fully saturated rings. The second-order valence-corrected chi connectivity index (χ2v) is 13.1. The lowest BCUT2D eigenvalue weighted by molar-refractivity contribution is -0.133. The molecule has 196 valence electrons. The second kappa shape index (κ2) is 10.3. The summed E-state index contributed by atoms with van der Waals surface area (Å²) >= 11 is 11.8. The van der Waals surface area contributed by atoms with Crippen molar-refractivity contribution in [3.05, 3.63) is 78.1 Å². The molecule has 0 N–H and O–H groups in total. The van der Waals surface area contributed by atoms with Gasteiger partial charge in [-0.15, -0.1) is 0 Å². The number of aromatic nitrogens is 1. The molecule has 3 amide bonds. The Labute approximate surface area is 240 Å². The second-order valence-electron chi connectivity index (χ2n) is 9.65. The third-order valence-electron chi connectivity index (χ3n) is 7.37. The minimum absolute atomic E-state index is 0.0643. The zero-order chi connectivity index (χ0) is 26.6. The van der Waals surface area contributed by atoms with Gasteiger partial charge in [0.2, 0.25) is 17.7 Å². The lowest BCUT2D eigenvalue weighted by atomic mass is 9.83. The van der Waals surface area contributed by atoms with Crippen LogP contribution in [0.5, 0.6) is 0 Å². The van der Waals surface area contributed by atoms with E-state index in [2.05, 4.69) is 15.9 Å². The average molecular weight is 633 g/mol. The van der Waals surface area contributed by atoms with Crippen LogP contribution in [-0.2, 0) is 20.9 Å². The van der Waals surface area contributed by atoms with Crippen molar-refractivity contribution in [3.63, 3.8) is 0 Å². The quantitative estimate of drug-likeness (QED) is 0.373. The van der Waals surface area contributed by atoms with Gasteiger partial charge in [-0.25, -0.2) is 4.90 Å². The van der Waals surface area contributed by atoms with Crippen LogP contribution in [0.3, 0.4) is 0 Å². The van der Waals surface area contributed by atoms with E-state index in [0.29, 0.717) is 28.8 Å². The van der Waals surface area contributed by atoms with E-state index in [4.69, 9.17) is 11.6 Å². The third-order valence-corrected chi connectivity index (χ3v) is 10.7. The van der Waals surface area contributed by atoms with Crippen LogP contribution < -0.4 is 9.77 Å². The van der Waals surface area contributed by atoms with Gasteiger partial charge < -0.3 is 4.90 Å². The number of imide groups is 1. The van der Waals surface area contributed by atoms with Crippen molar-refractivity contribution in [1.82, 2.24) is 9.47 Å². The predicted octanol–water partition coefficient (Wildman–Crippen LogP) is 5.13. The summed E-state index contributed by atoms with van der Waals surface area (Å²) < 4.78 is 2.39. The normalized spacial score (nSPS) is 22.9. The summed E-state index contributed by atoms with van der Waals surface area (Å²) in [6.45, 7) is 1.33. The van der Waals surface area contributed by atoms with Gasteiger partial charge in [-0.2, -0.15) is 0 Å². The van der Waals surface area contributed by atoms with Crippen LogP contribution in [0.2, 0.25) is 5.02 Å². The Hall–Kier alpha value is -2.40. The summed E-state index contributed by atoms with van der Waals surface area (Å²) in [5, 5.41) is 0.403. The SMILES string of the molecule is O=C(Cn1c2c(sc1=O)C(c1ccc(Br)cc1)C1C(=O)N(c3ccc(Cl)cc3)C(=O)C1S2)N1CCCCC1. The van der Waals surface area contributed by atoms with Gasteiger partial charge in [0, 0.05) is 33.4 Å². The van der Waals surface area contributed by atoms with E-state index >= 15 is 0 Å². The average Bonchev–Trinajstić information content (AvgIpc) is 3.36. The number of likely N-dealkylation sites (tertiary alicyclic amines) is 1. The molecule has 7 nitrogen and oxygen atoms in total. The molecule has 3 atom stereocenters. The summed E-state index contributed by atoms with van der Waals surface area (Å²) in [6, 6.07) is 14.3. The van der Waals surface area contributed by atoms with Gasteiger partial charge in [-0.3, -0.25) is 23.7 Å². The van der Waals surface area contributed by atoms with Gasteiger partial charge in [0.05, 0.1) is 16.6 Å². The fourth-order valence-electron chi connectivity index (χ4n) is 5.51. The van der Waals surface area contributed by atoms with E-state index < -0.39 is 17.1 Å². The van der Waals surface area contributed by atoms with Gasteiger partial charge in [-0.1, -0.05) is 62.8 Å². The minimum atomic E-state index is -0.718. The summed E-state index contributed by atoms with van der Waals surface area (Å²) in [4.78, 5) is 57.5. The maximum atomic E-state index is 13.9. The van der Waals surface area contributed by atoms with Crippen LogP contribution >= 0.6 is 50.6 Å². The van der Waals surface area contributed by atoms with E-state index in [0.717, 1.165) is 45.5 Å². The van der Waals surface area contributed by atoms with E-state index in [1.807, 2.05) is 29.2 Å². The first kappa shape index (κ1) is 25.9. The number of halogens is 2.